The molecule has 0 aliphatic carbocycles. The van der Waals surface area contributed by atoms with Crippen molar-refractivity contribution in [1.29, 1.82) is 0 Å². The van der Waals surface area contributed by atoms with Crippen LogP contribution < -0.4 is 4.90 Å². The summed E-state index contributed by atoms with van der Waals surface area (Å²) in [5.74, 6) is 2.47. The molecule has 28 heavy (non-hydrogen) atoms. The Balaban J connectivity index is 1.76. The molecular formula is C20H24N6O2. The molecule has 0 amide bonds. The summed E-state index contributed by atoms with van der Waals surface area (Å²) in [7, 11) is 0. The lowest BCUT2D eigenvalue weighted by atomic mass is 10.1. The first-order chi connectivity index (χ1) is 13.5. The molecule has 5 rings (SSSR count). The highest BCUT2D eigenvalue weighted by Gasteiger charge is 2.34. The molecule has 2 aliphatic rings. The van der Waals surface area contributed by atoms with E-state index >= 15 is 0 Å². The summed E-state index contributed by atoms with van der Waals surface area (Å²) in [6, 6.07) is 3.97. The molecule has 0 atom stereocenters. The van der Waals surface area contributed by atoms with Crippen molar-refractivity contribution in [3.8, 4) is 11.4 Å². The Morgan fingerprint density at radius 2 is 1.86 bits per heavy atom. The molecule has 2 aliphatic heterocycles. The van der Waals surface area contributed by atoms with E-state index in [0.29, 0.717) is 25.6 Å². The highest BCUT2D eigenvalue weighted by molar-refractivity contribution is 5.86. The largest absolute Gasteiger partial charge is 0.378 e. The van der Waals surface area contributed by atoms with Gasteiger partial charge in [0.05, 0.1) is 19.8 Å². The summed E-state index contributed by atoms with van der Waals surface area (Å²) in [5.41, 5.74) is 3.16. The summed E-state index contributed by atoms with van der Waals surface area (Å²) in [4.78, 5) is 21.4. The average molecular weight is 380 g/mol. The maximum absolute atomic E-state index is 5.96. The van der Waals surface area contributed by atoms with E-state index in [4.69, 9.17) is 24.4 Å². The van der Waals surface area contributed by atoms with Crippen LogP contribution >= 0.6 is 0 Å². The lowest BCUT2D eigenvalue weighted by Gasteiger charge is -2.30. The van der Waals surface area contributed by atoms with E-state index in [1.54, 1.807) is 6.20 Å². The van der Waals surface area contributed by atoms with E-state index < -0.39 is 5.60 Å². The lowest BCUT2D eigenvalue weighted by molar-refractivity contribution is -0.0530. The van der Waals surface area contributed by atoms with E-state index in [0.717, 1.165) is 53.7 Å². The monoisotopic (exact) mass is 380 g/mol. The van der Waals surface area contributed by atoms with Crippen molar-refractivity contribution in [3.63, 3.8) is 0 Å². The Morgan fingerprint density at radius 3 is 2.64 bits per heavy atom. The minimum absolute atomic E-state index is 0.450. The fraction of sp³-hybridized carbons (Fsp3) is 0.500. The predicted molar refractivity (Wildman–Crippen MR) is 105 cm³/mol. The number of pyridine rings is 1. The van der Waals surface area contributed by atoms with Crippen LogP contribution in [0.3, 0.4) is 0 Å². The van der Waals surface area contributed by atoms with Gasteiger partial charge in [0.2, 0.25) is 0 Å². The molecule has 0 saturated carbocycles. The molecule has 5 heterocycles. The minimum atomic E-state index is -0.450. The van der Waals surface area contributed by atoms with Crippen LogP contribution in [-0.4, -0.2) is 57.4 Å². The zero-order chi connectivity index (χ0) is 19.3. The van der Waals surface area contributed by atoms with Gasteiger partial charge in [0, 0.05) is 37.1 Å². The minimum Gasteiger partial charge on any atom is -0.378 e. The molecule has 146 valence electrons. The van der Waals surface area contributed by atoms with Gasteiger partial charge < -0.3 is 18.9 Å². The number of nitrogens with zero attached hydrogens (tertiary/aromatic N) is 6. The lowest BCUT2D eigenvalue weighted by Crippen LogP contribution is -2.37. The number of anilines is 1. The third-order valence-electron chi connectivity index (χ3n) is 5.36. The van der Waals surface area contributed by atoms with Gasteiger partial charge in [0.25, 0.3) is 0 Å². The van der Waals surface area contributed by atoms with Crippen LogP contribution in [0, 0.1) is 6.92 Å². The Hall–Kier alpha value is -2.58. The molecule has 0 spiro atoms. The van der Waals surface area contributed by atoms with Gasteiger partial charge in [-0.15, -0.1) is 0 Å². The number of ether oxygens (including phenoxy) is 2. The van der Waals surface area contributed by atoms with Crippen molar-refractivity contribution in [3.05, 3.63) is 29.8 Å². The van der Waals surface area contributed by atoms with Crippen molar-refractivity contribution < 1.29 is 9.47 Å². The molecule has 0 N–H and O–H groups in total. The normalized spacial score (nSPS) is 19.0. The number of fused-ring (bicyclic) bond motifs is 3. The van der Waals surface area contributed by atoms with Crippen molar-refractivity contribution in [1.82, 2.24) is 24.5 Å². The summed E-state index contributed by atoms with van der Waals surface area (Å²) in [6.45, 7) is 10.4. The molecule has 8 heteroatoms. The highest BCUT2D eigenvalue weighted by Crippen LogP contribution is 2.35. The van der Waals surface area contributed by atoms with Gasteiger partial charge in [-0.2, -0.15) is 0 Å². The molecule has 0 unspecified atom stereocenters. The average Bonchev–Trinajstić information content (AvgIpc) is 3.08. The van der Waals surface area contributed by atoms with E-state index in [-0.39, 0.29) is 0 Å². The van der Waals surface area contributed by atoms with Crippen LogP contribution in [-0.2, 0) is 21.6 Å². The molecule has 8 nitrogen and oxygen atoms in total. The third kappa shape index (κ3) is 2.84. The highest BCUT2D eigenvalue weighted by atomic mass is 16.5. The van der Waals surface area contributed by atoms with Crippen LogP contribution in [0.2, 0.25) is 0 Å². The van der Waals surface area contributed by atoms with Crippen molar-refractivity contribution >= 4 is 17.0 Å². The second-order valence-corrected chi connectivity index (χ2v) is 7.77. The zero-order valence-electron chi connectivity index (χ0n) is 16.5. The van der Waals surface area contributed by atoms with E-state index in [1.807, 2.05) is 19.1 Å². The Bertz CT molecular complexity index is 1040. The van der Waals surface area contributed by atoms with E-state index in [9.17, 15) is 0 Å². The number of rotatable bonds is 2. The quantitative estimate of drug-likeness (QED) is 0.675. The van der Waals surface area contributed by atoms with E-state index in [2.05, 4.69) is 28.3 Å². The molecule has 0 aromatic carbocycles. The molecular weight excluding hydrogens is 356 g/mol. The van der Waals surface area contributed by atoms with Crippen LogP contribution in [0.25, 0.3) is 22.6 Å². The fourth-order valence-electron chi connectivity index (χ4n) is 3.92. The van der Waals surface area contributed by atoms with Crippen LogP contribution in [0.15, 0.2) is 18.3 Å². The first kappa shape index (κ1) is 17.5. The topological polar surface area (TPSA) is 78.2 Å². The number of aryl methyl sites for hydroxylation is 1. The Morgan fingerprint density at radius 1 is 1.04 bits per heavy atom. The number of imidazole rings is 1. The van der Waals surface area contributed by atoms with Gasteiger partial charge in [-0.05, 0) is 32.9 Å². The van der Waals surface area contributed by atoms with Crippen LogP contribution in [0.1, 0.15) is 25.4 Å². The maximum Gasteiger partial charge on any atom is 0.166 e. The smallest absolute Gasteiger partial charge is 0.166 e. The van der Waals surface area contributed by atoms with Crippen LogP contribution in [0.4, 0.5) is 5.82 Å². The van der Waals surface area contributed by atoms with Gasteiger partial charge in [-0.1, -0.05) is 0 Å². The summed E-state index contributed by atoms with van der Waals surface area (Å²) < 4.78 is 13.7. The second kappa shape index (κ2) is 6.49. The number of aromatic nitrogens is 5. The fourth-order valence-corrected chi connectivity index (χ4v) is 3.92. The van der Waals surface area contributed by atoms with Crippen molar-refractivity contribution in [2.24, 2.45) is 0 Å². The molecule has 3 aromatic heterocycles. The molecule has 1 saturated heterocycles. The van der Waals surface area contributed by atoms with Gasteiger partial charge >= 0.3 is 0 Å². The predicted octanol–water partition coefficient (Wildman–Crippen LogP) is 2.30. The van der Waals surface area contributed by atoms with E-state index in [1.165, 1.54) is 0 Å². The standard InChI is InChI=1S/C20H24N6O2/c1-13-12-14(4-5-21-13)16-23-17(25-6-9-27-10-7-25)15-18(24-16)26-8-11-28-20(2,3)19(26)22-15/h4-5,12H,6-11H2,1-3H3. The zero-order valence-corrected chi connectivity index (χ0v) is 16.5. The van der Waals surface area contributed by atoms with Gasteiger partial charge in [0.15, 0.2) is 22.8 Å². The molecule has 0 bridgehead atoms. The van der Waals surface area contributed by atoms with Crippen LogP contribution in [0.5, 0.6) is 0 Å². The SMILES string of the molecule is Cc1cc(-c2nc(N3CCOCC3)c3nc4n(c3n2)CCOC4(C)C)ccn1. The Labute approximate surface area is 163 Å². The second-order valence-electron chi connectivity index (χ2n) is 7.77. The number of hydrogen-bond acceptors (Lipinski definition) is 7. The summed E-state index contributed by atoms with van der Waals surface area (Å²) in [6.07, 6.45) is 1.80. The van der Waals surface area contributed by atoms with Gasteiger partial charge in [-0.3, -0.25) is 4.98 Å². The molecule has 3 aromatic rings. The third-order valence-corrected chi connectivity index (χ3v) is 5.36. The summed E-state index contributed by atoms with van der Waals surface area (Å²) >= 11 is 0. The Kier molecular flexibility index (Phi) is 4.06. The van der Waals surface area contributed by atoms with Crippen molar-refractivity contribution in [2.75, 3.05) is 37.8 Å². The summed E-state index contributed by atoms with van der Waals surface area (Å²) in [5, 5.41) is 0. The van der Waals surface area contributed by atoms with Gasteiger partial charge in [-0.25, -0.2) is 15.0 Å². The van der Waals surface area contributed by atoms with Crippen molar-refractivity contribution in [2.45, 2.75) is 32.9 Å². The molecule has 0 radical (unpaired) electrons. The number of morpholine rings is 1. The molecule has 1 fully saturated rings. The maximum atomic E-state index is 5.96. The number of hydrogen-bond donors (Lipinski definition) is 0. The van der Waals surface area contributed by atoms with Gasteiger partial charge in [0.1, 0.15) is 11.4 Å². The first-order valence-electron chi connectivity index (χ1n) is 9.71. The first-order valence-corrected chi connectivity index (χ1v) is 9.71.